The average molecular weight is 585 g/mol. The number of hydrogen-bond donors (Lipinski definition) is 1. The summed E-state index contributed by atoms with van der Waals surface area (Å²) in [6, 6.07) is 12.3. The van der Waals surface area contributed by atoms with E-state index in [1.165, 1.54) is 0 Å². The summed E-state index contributed by atoms with van der Waals surface area (Å²) in [5, 5.41) is 15.2. The lowest BCUT2D eigenvalue weighted by Crippen LogP contribution is -2.36. The molecular formula is C29H31Cl2N5O4. The van der Waals surface area contributed by atoms with Crippen molar-refractivity contribution in [3.63, 3.8) is 0 Å². The molecule has 2 saturated heterocycles. The molecule has 9 nitrogen and oxygen atoms in total. The molecule has 0 saturated carbocycles. The van der Waals surface area contributed by atoms with Crippen LogP contribution in [0.15, 0.2) is 48.7 Å². The molecule has 0 bridgehead atoms. The molecule has 4 aromatic rings. The number of carboxylic acid groups (broad SMARTS) is 1. The second-order valence-corrected chi connectivity index (χ2v) is 11.4. The van der Waals surface area contributed by atoms with E-state index in [2.05, 4.69) is 9.47 Å². The summed E-state index contributed by atoms with van der Waals surface area (Å²) >= 11 is 12.2. The monoisotopic (exact) mass is 583 g/mol. The summed E-state index contributed by atoms with van der Waals surface area (Å²) in [7, 11) is 0. The normalized spacial score (nSPS) is 18.2. The van der Waals surface area contributed by atoms with Crippen molar-refractivity contribution in [2.24, 2.45) is 5.92 Å². The maximum absolute atomic E-state index is 11.6. The third-order valence-corrected chi connectivity index (χ3v) is 8.27. The van der Waals surface area contributed by atoms with Gasteiger partial charge >= 0.3 is 5.97 Å². The number of piperidine rings is 1. The predicted octanol–water partition coefficient (Wildman–Crippen LogP) is 5.52. The number of aromatic carboxylic acids is 1. The van der Waals surface area contributed by atoms with E-state index in [9.17, 15) is 9.90 Å². The van der Waals surface area contributed by atoms with E-state index >= 15 is 0 Å². The zero-order valence-electron chi connectivity index (χ0n) is 22.0. The van der Waals surface area contributed by atoms with Gasteiger partial charge in [0.2, 0.25) is 0 Å². The van der Waals surface area contributed by atoms with Crippen LogP contribution in [0.4, 0.5) is 0 Å². The average Bonchev–Trinajstić information content (AvgIpc) is 3.50. The number of ether oxygens (including phenoxy) is 2. The Morgan fingerprint density at radius 1 is 1.07 bits per heavy atom. The minimum absolute atomic E-state index is 0.155. The van der Waals surface area contributed by atoms with Crippen LogP contribution in [-0.4, -0.2) is 61.1 Å². The molecule has 0 amide bonds. The highest BCUT2D eigenvalue weighted by Gasteiger charge is 2.25. The minimum Gasteiger partial charge on any atom is -0.486 e. The van der Waals surface area contributed by atoms with Crippen LogP contribution in [0.3, 0.4) is 0 Å². The van der Waals surface area contributed by atoms with Crippen LogP contribution in [0.25, 0.3) is 11.0 Å². The maximum Gasteiger partial charge on any atom is 0.335 e. The van der Waals surface area contributed by atoms with Crippen LogP contribution in [0.5, 0.6) is 5.75 Å². The number of likely N-dealkylation sites (tertiary alicyclic amines) is 1. The lowest BCUT2D eigenvalue weighted by molar-refractivity contribution is -0.0592. The van der Waals surface area contributed by atoms with Crippen molar-refractivity contribution in [1.82, 2.24) is 24.2 Å². The van der Waals surface area contributed by atoms with Crippen LogP contribution >= 0.6 is 23.2 Å². The minimum atomic E-state index is -0.930. The first-order valence-corrected chi connectivity index (χ1v) is 14.3. The third kappa shape index (κ3) is 6.12. The van der Waals surface area contributed by atoms with E-state index in [4.69, 9.17) is 42.8 Å². The predicted molar refractivity (Wildman–Crippen MR) is 152 cm³/mol. The zero-order valence-corrected chi connectivity index (χ0v) is 23.5. The first-order valence-electron chi connectivity index (χ1n) is 13.6. The van der Waals surface area contributed by atoms with Crippen LogP contribution in [-0.2, 0) is 31.0 Å². The Bertz CT molecular complexity index is 1510. The number of aromatic nitrogens is 4. The fourth-order valence-corrected chi connectivity index (χ4v) is 5.84. The molecule has 2 aromatic heterocycles. The Morgan fingerprint density at radius 2 is 1.90 bits per heavy atom. The molecular weight excluding hydrogens is 553 g/mol. The van der Waals surface area contributed by atoms with Crippen molar-refractivity contribution in [3.8, 4) is 5.75 Å². The third-order valence-electron chi connectivity index (χ3n) is 7.74. The Balaban J connectivity index is 1.05. The van der Waals surface area contributed by atoms with Crippen molar-refractivity contribution in [1.29, 1.82) is 0 Å². The molecule has 11 heteroatoms. The Morgan fingerprint density at radius 3 is 2.62 bits per heavy atom. The van der Waals surface area contributed by atoms with E-state index in [0.29, 0.717) is 34.9 Å². The molecule has 4 heterocycles. The highest BCUT2D eigenvalue weighted by atomic mass is 35.5. The molecule has 2 aliphatic rings. The molecule has 2 aromatic carbocycles. The van der Waals surface area contributed by atoms with Crippen molar-refractivity contribution < 1.29 is 19.4 Å². The SMILES string of the molecule is O=C(O)c1ccc2nc(CN3CCC(Cn4ccc(COc5ccc(Cl)cc5Cl)n4)CC3)n(C[C@@H]3CCO3)c2c1. The molecule has 2 fully saturated rings. The van der Waals surface area contributed by atoms with Gasteiger partial charge in [-0.2, -0.15) is 5.10 Å². The number of halogens is 2. The standard InChI is InChI=1S/C29H31Cl2N5O4/c30-21-2-4-27(24(31)14-21)40-18-22-7-11-35(33-22)15-19-5-9-34(10-6-19)17-28-32-25-3-1-20(29(37)38)13-26(25)36(28)16-23-8-12-39-23/h1-4,7,11,13-14,19,23H,5-6,8-10,12,15-18H2,(H,37,38)/t23-/m0/s1. The first-order chi connectivity index (χ1) is 19.4. The molecule has 40 heavy (non-hydrogen) atoms. The highest BCUT2D eigenvalue weighted by Crippen LogP contribution is 2.28. The van der Waals surface area contributed by atoms with Gasteiger partial charge in [0.1, 0.15) is 18.2 Å². The Hall–Kier alpha value is -3.11. The Labute approximate surface area is 242 Å². The highest BCUT2D eigenvalue weighted by molar-refractivity contribution is 6.35. The van der Waals surface area contributed by atoms with Gasteiger partial charge in [0.15, 0.2) is 0 Å². The largest absolute Gasteiger partial charge is 0.486 e. The quantitative estimate of drug-likeness (QED) is 0.263. The smallest absolute Gasteiger partial charge is 0.335 e. The van der Waals surface area contributed by atoms with Gasteiger partial charge in [-0.25, -0.2) is 9.78 Å². The second kappa shape index (κ2) is 11.8. The summed E-state index contributed by atoms with van der Waals surface area (Å²) in [5.41, 5.74) is 2.81. The second-order valence-electron chi connectivity index (χ2n) is 10.5. The fourth-order valence-electron chi connectivity index (χ4n) is 5.38. The molecule has 210 valence electrons. The van der Waals surface area contributed by atoms with Crippen LogP contribution in [0.2, 0.25) is 10.0 Å². The van der Waals surface area contributed by atoms with Crippen LogP contribution < -0.4 is 4.74 Å². The van der Waals surface area contributed by atoms with Gasteiger partial charge < -0.3 is 19.1 Å². The lowest BCUT2D eigenvalue weighted by Gasteiger charge is -2.32. The molecule has 6 rings (SSSR count). The molecule has 1 N–H and O–H groups in total. The molecule has 0 spiro atoms. The van der Waals surface area contributed by atoms with Gasteiger partial charge in [0.25, 0.3) is 0 Å². The topological polar surface area (TPSA) is 94.6 Å². The van der Waals surface area contributed by atoms with Gasteiger partial charge in [-0.05, 0) is 80.7 Å². The number of fused-ring (bicyclic) bond motifs is 1. The van der Waals surface area contributed by atoms with Gasteiger partial charge in [0.05, 0.1) is 46.5 Å². The summed E-state index contributed by atoms with van der Waals surface area (Å²) in [5.74, 6) is 1.16. The van der Waals surface area contributed by atoms with E-state index < -0.39 is 5.97 Å². The molecule has 2 aliphatic heterocycles. The molecule has 0 aliphatic carbocycles. The van der Waals surface area contributed by atoms with Crippen molar-refractivity contribution in [2.75, 3.05) is 19.7 Å². The van der Waals surface area contributed by atoms with Gasteiger partial charge in [-0.3, -0.25) is 9.58 Å². The van der Waals surface area contributed by atoms with Crippen LogP contribution in [0, 0.1) is 5.92 Å². The number of carbonyl (C=O) groups is 1. The number of imidazole rings is 1. The molecule has 0 unspecified atom stereocenters. The number of nitrogens with zero attached hydrogens (tertiary/aromatic N) is 5. The van der Waals surface area contributed by atoms with E-state index in [-0.39, 0.29) is 11.7 Å². The summed E-state index contributed by atoms with van der Waals surface area (Å²) < 4.78 is 15.7. The first kappa shape index (κ1) is 27.1. The lowest BCUT2D eigenvalue weighted by atomic mass is 9.97. The number of rotatable bonds is 10. The molecule has 1 atom stereocenters. The number of carboxylic acids is 1. The summed E-state index contributed by atoms with van der Waals surface area (Å²) in [6.07, 6.45) is 5.31. The zero-order chi connectivity index (χ0) is 27.6. The van der Waals surface area contributed by atoms with Crippen molar-refractivity contribution in [2.45, 2.75) is 51.6 Å². The van der Waals surface area contributed by atoms with Crippen molar-refractivity contribution >= 4 is 40.2 Å². The number of benzene rings is 2. The Kier molecular flexibility index (Phi) is 7.98. The summed E-state index contributed by atoms with van der Waals surface area (Å²) in [6.45, 7) is 5.36. The van der Waals surface area contributed by atoms with Crippen LogP contribution in [0.1, 0.15) is 41.1 Å². The van der Waals surface area contributed by atoms with Gasteiger partial charge in [-0.1, -0.05) is 23.2 Å². The van der Waals surface area contributed by atoms with Gasteiger partial charge in [-0.15, -0.1) is 0 Å². The van der Waals surface area contributed by atoms with Gasteiger partial charge in [0, 0.05) is 24.4 Å². The summed E-state index contributed by atoms with van der Waals surface area (Å²) in [4.78, 5) is 18.9. The van der Waals surface area contributed by atoms with E-state index in [1.54, 1.807) is 36.4 Å². The number of hydrogen-bond acceptors (Lipinski definition) is 6. The van der Waals surface area contributed by atoms with E-state index in [1.807, 2.05) is 16.9 Å². The fraction of sp³-hybridized carbons (Fsp3) is 0.414. The van der Waals surface area contributed by atoms with E-state index in [0.717, 1.165) is 74.6 Å². The van der Waals surface area contributed by atoms with Crippen molar-refractivity contribution in [3.05, 3.63) is 75.8 Å². The maximum atomic E-state index is 11.6. The molecule has 0 radical (unpaired) electrons.